The van der Waals surface area contributed by atoms with E-state index < -0.39 is 0 Å². The minimum absolute atomic E-state index is 0.113. The van der Waals surface area contributed by atoms with Gasteiger partial charge in [-0.25, -0.2) is 4.39 Å². The summed E-state index contributed by atoms with van der Waals surface area (Å²) < 4.78 is 20.7. The van der Waals surface area contributed by atoms with E-state index in [1.165, 1.54) is 36.0 Å². The molecular weight excluding hydrogens is 427 g/mol. The van der Waals surface area contributed by atoms with E-state index in [9.17, 15) is 9.18 Å². The van der Waals surface area contributed by atoms with Gasteiger partial charge in [0.25, 0.3) is 0 Å². The summed E-state index contributed by atoms with van der Waals surface area (Å²) in [5.74, 6) is 0.593. The number of nitrogens with zero attached hydrogens (tertiary/aromatic N) is 3. The summed E-state index contributed by atoms with van der Waals surface area (Å²) in [6, 6.07) is 12.8. The van der Waals surface area contributed by atoms with E-state index in [0.717, 1.165) is 5.39 Å². The molecule has 0 saturated carbocycles. The fraction of sp³-hybridized carbons (Fsp3) is 0.0952. The van der Waals surface area contributed by atoms with Crippen molar-refractivity contribution in [2.45, 2.75) is 11.7 Å². The van der Waals surface area contributed by atoms with Crippen LogP contribution in [0.25, 0.3) is 22.6 Å². The van der Waals surface area contributed by atoms with Gasteiger partial charge in [0, 0.05) is 22.6 Å². The fourth-order valence-electron chi connectivity index (χ4n) is 2.86. The highest BCUT2D eigenvalue weighted by atomic mass is 35.5. The number of carbonyl (C=O) groups is 1. The maximum Gasteiger partial charge on any atom is 0.234 e. The highest BCUT2D eigenvalue weighted by Crippen LogP contribution is 2.30. The molecule has 0 saturated heterocycles. The number of furan rings is 1. The molecule has 9 heteroatoms. The highest BCUT2D eigenvalue weighted by Gasteiger charge is 2.18. The van der Waals surface area contributed by atoms with Crippen molar-refractivity contribution in [3.8, 4) is 11.6 Å². The Morgan fingerprint density at radius 2 is 2.03 bits per heavy atom. The van der Waals surface area contributed by atoms with Crippen LogP contribution in [0.5, 0.6) is 0 Å². The molecule has 0 aliphatic rings. The van der Waals surface area contributed by atoms with E-state index in [-0.39, 0.29) is 17.5 Å². The van der Waals surface area contributed by atoms with Crippen LogP contribution in [0, 0.1) is 5.82 Å². The van der Waals surface area contributed by atoms with Crippen molar-refractivity contribution in [2.24, 2.45) is 0 Å². The minimum Gasteiger partial charge on any atom is -0.453 e. The quantitative estimate of drug-likeness (QED) is 0.306. The molecule has 0 unspecified atom stereocenters. The Morgan fingerprint density at radius 1 is 1.23 bits per heavy atom. The van der Waals surface area contributed by atoms with Crippen molar-refractivity contribution in [1.29, 1.82) is 0 Å². The Bertz CT molecular complexity index is 1220. The van der Waals surface area contributed by atoms with Gasteiger partial charge in [-0.2, -0.15) is 0 Å². The summed E-state index contributed by atoms with van der Waals surface area (Å²) in [4.78, 5) is 12.2. The number of anilines is 1. The zero-order valence-electron chi connectivity index (χ0n) is 15.6. The molecule has 2 heterocycles. The van der Waals surface area contributed by atoms with Gasteiger partial charge in [0.2, 0.25) is 11.7 Å². The smallest absolute Gasteiger partial charge is 0.234 e. The molecule has 4 rings (SSSR count). The zero-order valence-corrected chi connectivity index (χ0v) is 17.2. The second kappa shape index (κ2) is 8.73. The number of nitrogens with one attached hydrogen (secondary N) is 1. The van der Waals surface area contributed by atoms with Gasteiger partial charge in [-0.3, -0.25) is 9.36 Å². The molecule has 0 spiro atoms. The normalized spacial score (nSPS) is 11.0. The van der Waals surface area contributed by atoms with E-state index >= 15 is 0 Å². The molecule has 30 heavy (non-hydrogen) atoms. The maximum absolute atomic E-state index is 13.0. The molecule has 6 nitrogen and oxygen atoms in total. The number of benzene rings is 2. The molecular formula is C21H16ClFN4O2S. The molecule has 152 valence electrons. The first-order valence-electron chi connectivity index (χ1n) is 8.95. The second-order valence-corrected chi connectivity index (χ2v) is 7.72. The predicted octanol–water partition coefficient (Wildman–Crippen LogP) is 5.40. The van der Waals surface area contributed by atoms with Gasteiger partial charge >= 0.3 is 0 Å². The lowest BCUT2D eigenvalue weighted by atomic mass is 10.2. The standard InChI is InChI=1S/C21H16ClFN4O2S/c1-2-9-27-20(18-11-13-10-14(22)3-8-17(13)29-18)25-26-21(27)30-12-19(28)24-16-6-4-15(23)5-7-16/h2-8,10-11H,1,9,12H2,(H,24,28). The first kappa shape index (κ1) is 20.2. The van der Waals surface area contributed by atoms with Gasteiger partial charge in [-0.15, -0.1) is 16.8 Å². The number of thioether (sulfide) groups is 1. The Hall–Kier alpha value is -3.10. The molecule has 1 N–H and O–H groups in total. The van der Waals surface area contributed by atoms with Crippen LogP contribution >= 0.6 is 23.4 Å². The predicted molar refractivity (Wildman–Crippen MR) is 116 cm³/mol. The average Bonchev–Trinajstić information content (AvgIpc) is 3.32. The lowest BCUT2D eigenvalue weighted by molar-refractivity contribution is -0.113. The molecule has 0 fully saturated rings. The van der Waals surface area contributed by atoms with Crippen LogP contribution < -0.4 is 5.32 Å². The summed E-state index contributed by atoms with van der Waals surface area (Å²) in [5, 5.41) is 13.2. The molecule has 0 radical (unpaired) electrons. The van der Waals surface area contributed by atoms with E-state index in [1.807, 2.05) is 16.7 Å². The Kier molecular flexibility index (Phi) is 5.87. The maximum atomic E-state index is 13.0. The number of rotatable bonds is 7. The van der Waals surface area contributed by atoms with Gasteiger partial charge in [0.1, 0.15) is 11.4 Å². The van der Waals surface area contributed by atoms with Crippen LogP contribution in [0.4, 0.5) is 10.1 Å². The van der Waals surface area contributed by atoms with Gasteiger partial charge in [-0.05, 0) is 48.5 Å². The number of halogens is 2. The molecule has 0 aliphatic carbocycles. The minimum atomic E-state index is -0.361. The van der Waals surface area contributed by atoms with Gasteiger partial charge in [-0.1, -0.05) is 29.4 Å². The molecule has 2 aromatic carbocycles. The third-order valence-electron chi connectivity index (χ3n) is 4.19. The first-order valence-corrected chi connectivity index (χ1v) is 10.3. The molecule has 0 atom stereocenters. The number of allylic oxidation sites excluding steroid dienone is 1. The number of hydrogen-bond donors (Lipinski definition) is 1. The third-order valence-corrected chi connectivity index (χ3v) is 5.39. The summed E-state index contributed by atoms with van der Waals surface area (Å²) in [5.41, 5.74) is 1.21. The average molecular weight is 443 g/mol. The van der Waals surface area contributed by atoms with Crippen molar-refractivity contribution in [3.05, 3.63) is 72.0 Å². The van der Waals surface area contributed by atoms with Crippen molar-refractivity contribution in [3.63, 3.8) is 0 Å². The van der Waals surface area contributed by atoms with Gasteiger partial charge < -0.3 is 9.73 Å². The first-order chi connectivity index (χ1) is 14.5. The number of amides is 1. The van der Waals surface area contributed by atoms with E-state index in [4.69, 9.17) is 16.0 Å². The van der Waals surface area contributed by atoms with Crippen molar-refractivity contribution < 1.29 is 13.6 Å². The number of hydrogen-bond acceptors (Lipinski definition) is 5. The topological polar surface area (TPSA) is 73.0 Å². The lowest BCUT2D eigenvalue weighted by Gasteiger charge is -2.07. The lowest BCUT2D eigenvalue weighted by Crippen LogP contribution is -2.14. The van der Waals surface area contributed by atoms with E-state index in [0.29, 0.717) is 39.6 Å². The molecule has 0 aliphatic heterocycles. The molecule has 0 bridgehead atoms. The van der Waals surface area contributed by atoms with Gasteiger partial charge in [0.05, 0.1) is 5.75 Å². The number of carbonyl (C=O) groups excluding carboxylic acids is 1. The fourth-order valence-corrected chi connectivity index (χ4v) is 3.78. The SMILES string of the molecule is C=CCn1c(SCC(=O)Nc2ccc(F)cc2)nnc1-c1cc2cc(Cl)ccc2o1. The summed E-state index contributed by atoms with van der Waals surface area (Å²) in [6.45, 7) is 4.23. The Labute approximate surface area is 180 Å². The molecule has 1 amide bonds. The van der Waals surface area contributed by atoms with E-state index in [2.05, 4.69) is 22.1 Å². The van der Waals surface area contributed by atoms with Crippen LogP contribution in [-0.2, 0) is 11.3 Å². The largest absolute Gasteiger partial charge is 0.453 e. The number of aromatic nitrogens is 3. The summed E-state index contributed by atoms with van der Waals surface area (Å²) >= 11 is 7.28. The Morgan fingerprint density at radius 3 is 2.80 bits per heavy atom. The second-order valence-electron chi connectivity index (χ2n) is 6.34. The monoisotopic (exact) mass is 442 g/mol. The van der Waals surface area contributed by atoms with Crippen LogP contribution in [0.2, 0.25) is 5.02 Å². The van der Waals surface area contributed by atoms with Crippen LogP contribution in [0.1, 0.15) is 0 Å². The van der Waals surface area contributed by atoms with Crippen LogP contribution in [0.15, 0.2) is 70.8 Å². The Balaban J connectivity index is 1.52. The highest BCUT2D eigenvalue weighted by molar-refractivity contribution is 7.99. The van der Waals surface area contributed by atoms with Crippen molar-refractivity contribution >= 4 is 45.9 Å². The summed E-state index contributed by atoms with van der Waals surface area (Å²) in [6.07, 6.45) is 1.72. The van der Waals surface area contributed by atoms with Gasteiger partial charge in [0.15, 0.2) is 10.9 Å². The van der Waals surface area contributed by atoms with E-state index in [1.54, 1.807) is 18.2 Å². The zero-order chi connectivity index (χ0) is 21.1. The summed E-state index contributed by atoms with van der Waals surface area (Å²) in [7, 11) is 0. The third kappa shape index (κ3) is 4.39. The van der Waals surface area contributed by atoms with Crippen molar-refractivity contribution in [1.82, 2.24) is 14.8 Å². The molecule has 4 aromatic rings. The molecule has 2 aromatic heterocycles. The number of fused-ring (bicyclic) bond motifs is 1. The van der Waals surface area contributed by atoms with Crippen molar-refractivity contribution in [2.75, 3.05) is 11.1 Å². The van der Waals surface area contributed by atoms with Crippen LogP contribution in [-0.4, -0.2) is 26.4 Å². The van der Waals surface area contributed by atoms with Crippen LogP contribution in [0.3, 0.4) is 0 Å².